The summed E-state index contributed by atoms with van der Waals surface area (Å²) >= 11 is 0. The van der Waals surface area contributed by atoms with E-state index in [-0.39, 0.29) is 12.0 Å². The Morgan fingerprint density at radius 3 is 2.71 bits per heavy atom. The number of likely N-dealkylation sites (tertiary alicyclic amines) is 1. The average molecular weight is 237 g/mol. The van der Waals surface area contributed by atoms with Crippen LogP contribution in [0.2, 0.25) is 0 Å². The summed E-state index contributed by atoms with van der Waals surface area (Å²) in [5.41, 5.74) is 2.97. The van der Waals surface area contributed by atoms with E-state index >= 15 is 0 Å². The van der Waals surface area contributed by atoms with Crippen molar-refractivity contribution in [1.29, 1.82) is 0 Å². The summed E-state index contributed by atoms with van der Waals surface area (Å²) in [6, 6.07) is 0. The van der Waals surface area contributed by atoms with Gasteiger partial charge in [0.05, 0.1) is 18.2 Å². The maximum atomic E-state index is 12.1. The molecule has 1 atom stereocenters. The number of rotatable bonds is 2. The number of aliphatic hydroxyl groups excluding tert-OH is 1. The summed E-state index contributed by atoms with van der Waals surface area (Å²) in [5.74, 6) is 0.0840. The van der Waals surface area contributed by atoms with E-state index in [1.165, 1.54) is 0 Å². The summed E-state index contributed by atoms with van der Waals surface area (Å²) < 4.78 is 1.80. The monoisotopic (exact) mass is 237 g/mol. The van der Waals surface area contributed by atoms with Crippen molar-refractivity contribution < 1.29 is 9.90 Å². The predicted octanol–water partition coefficient (Wildman–Crippen LogP) is 0.173. The zero-order chi connectivity index (χ0) is 12.6. The normalized spacial score (nSPS) is 20.0. The maximum absolute atomic E-state index is 12.1. The molecule has 5 nitrogen and oxygen atoms in total. The van der Waals surface area contributed by atoms with Crippen molar-refractivity contribution in [2.24, 2.45) is 7.05 Å². The molecule has 1 aliphatic heterocycles. The number of carbonyl (C=O) groups is 1. The van der Waals surface area contributed by atoms with Crippen LogP contribution in [0.1, 0.15) is 23.4 Å². The molecule has 94 valence electrons. The van der Waals surface area contributed by atoms with Gasteiger partial charge in [0.25, 0.3) is 0 Å². The Morgan fingerprint density at radius 1 is 1.53 bits per heavy atom. The van der Waals surface area contributed by atoms with E-state index in [2.05, 4.69) is 5.10 Å². The summed E-state index contributed by atoms with van der Waals surface area (Å²) in [7, 11) is 1.88. The SMILES string of the molecule is Cc1nn(C)c(C)c1CC(=O)N1CC[C@@H](O)C1. The average Bonchev–Trinajstić information content (AvgIpc) is 2.79. The molecule has 0 spiro atoms. The third kappa shape index (κ3) is 2.34. The van der Waals surface area contributed by atoms with Gasteiger partial charge in [-0.05, 0) is 20.3 Å². The Labute approximate surface area is 101 Å². The van der Waals surface area contributed by atoms with Crippen LogP contribution in [-0.2, 0) is 18.3 Å². The van der Waals surface area contributed by atoms with Crippen LogP contribution in [0.25, 0.3) is 0 Å². The predicted molar refractivity (Wildman–Crippen MR) is 63.6 cm³/mol. The van der Waals surface area contributed by atoms with E-state index in [0.29, 0.717) is 25.9 Å². The fraction of sp³-hybridized carbons (Fsp3) is 0.667. The smallest absolute Gasteiger partial charge is 0.227 e. The molecular formula is C12H19N3O2. The molecule has 0 aliphatic carbocycles. The zero-order valence-corrected chi connectivity index (χ0v) is 10.6. The van der Waals surface area contributed by atoms with Crippen molar-refractivity contribution in [2.75, 3.05) is 13.1 Å². The number of amides is 1. The minimum atomic E-state index is -0.352. The van der Waals surface area contributed by atoms with Gasteiger partial charge >= 0.3 is 0 Å². The second kappa shape index (κ2) is 4.49. The number of nitrogens with zero attached hydrogens (tertiary/aromatic N) is 3. The number of carbonyl (C=O) groups excluding carboxylic acids is 1. The molecular weight excluding hydrogens is 218 g/mol. The Balaban J connectivity index is 2.08. The molecule has 1 aromatic heterocycles. The Hall–Kier alpha value is -1.36. The molecule has 1 aromatic rings. The molecule has 1 N–H and O–H groups in total. The first-order chi connectivity index (χ1) is 7.99. The van der Waals surface area contributed by atoms with Gasteiger partial charge in [0, 0.05) is 31.4 Å². The molecule has 0 aromatic carbocycles. The van der Waals surface area contributed by atoms with Crippen molar-refractivity contribution in [3.63, 3.8) is 0 Å². The number of aliphatic hydroxyl groups is 1. The molecule has 2 heterocycles. The van der Waals surface area contributed by atoms with Crippen LogP contribution in [0, 0.1) is 13.8 Å². The van der Waals surface area contributed by atoms with Crippen LogP contribution in [0.5, 0.6) is 0 Å². The lowest BCUT2D eigenvalue weighted by molar-refractivity contribution is -0.129. The van der Waals surface area contributed by atoms with Gasteiger partial charge in [0.15, 0.2) is 0 Å². The number of aryl methyl sites for hydroxylation is 2. The summed E-state index contributed by atoms with van der Waals surface area (Å²) in [5, 5.41) is 13.7. The third-order valence-corrected chi connectivity index (χ3v) is 3.50. The van der Waals surface area contributed by atoms with Crippen molar-refractivity contribution in [2.45, 2.75) is 32.8 Å². The lowest BCUT2D eigenvalue weighted by atomic mass is 10.1. The Kier molecular flexibility index (Phi) is 3.19. The topological polar surface area (TPSA) is 58.4 Å². The quantitative estimate of drug-likeness (QED) is 0.798. The minimum absolute atomic E-state index is 0.0840. The van der Waals surface area contributed by atoms with Crippen LogP contribution >= 0.6 is 0 Å². The minimum Gasteiger partial charge on any atom is -0.391 e. The second-order valence-electron chi connectivity index (χ2n) is 4.73. The van der Waals surface area contributed by atoms with Crippen molar-refractivity contribution >= 4 is 5.91 Å². The molecule has 5 heteroatoms. The first-order valence-electron chi connectivity index (χ1n) is 5.94. The van der Waals surface area contributed by atoms with Gasteiger partial charge in [-0.3, -0.25) is 9.48 Å². The van der Waals surface area contributed by atoms with Gasteiger partial charge in [-0.15, -0.1) is 0 Å². The molecule has 17 heavy (non-hydrogen) atoms. The van der Waals surface area contributed by atoms with Crippen molar-refractivity contribution in [1.82, 2.24) is 14.7 Å². The molecule has 0 radical (unpaired) electrons. The van der Waals surface area contributed by atoms with Gasteiger partial charge in [-0.1, -0.05) is 0 Å². The summed E-state index contributed by atoms with van der Waals surface area (Å²) in [6.07, 6.45) is 0.727. The van der Waals surface area contributed by atoms with Crippen molar-refractivity contribution in [3.8, 4) is 0 Å². The van der Waals surface area contributed by atoms with E-state index in [0.717, 1.165) is 17.0 Å². The zero-order valence-electron chi connectivity index (χ0n) is 10.6. The molecule has 1 aliphatic rings. The molecule has 1 amide bonds. The highest BCUT2D eigenvalue weighted by molar-refractivity contribution is 5.79. The van der Waals surface area contributed by atoms with Crippen LogP contribution < -0.4 is 0 Å². The highest BCUT2D eigenvalue weighted by Crippen LogP contribution is 2.16. The molecule has 0 saturated carbocycles. The summed E-state index contributed by atoms with van der Waals surface area (Å²) in [4.78, 5) is 13.8. The molecule has 1 fully saturated rings. The standard InChI is InChI=1S/C12H19N3O2/c1-8-11(9(2)14(3)13-8)6-12(17)15-5-4-10(16)7-15/h10,16H,4-7H2,1-3H3/t10-/m1/s1. The van der Waals surface area contributed by atoms with E-state index in [4.69, 9.17) is 0 Å². The van der Waals surface area contributed by atoms with Crippen LogP contribution in [0.15, 0.2) is 0 Å². The van der Waals surface area contributed by atoms with Gasteiger partial charge in [0.1, 0.15) is 0 Å². The van der Waals surface area contributed by atoms with Gasteiger partial charge in [-0.2, -0.15) is 5.10 Å². The molecule has 0 bridgehead atoms. The Bertz CT molecular complexity index is 439. The van der Waals surface area contributed by atoms with Crippen LogP contribution in [-0.4, -0.2) is 44.9 Å². The fourth-order valence-electron chi connectivity index (χ4n) is 2.30. The molecule has 2 rings (SSSR count). The van der Waals surface area contributed by atoms with E-state index in [1.54, 1.807) is 9.58 Å². The third-order valence-electron chi connectivity index (χ3n) is 3.50. The number of hydrogen-bond donors (Lipinski definition) is 1. The first-order valence-corrected chi connectivity index (χ1v) is 5.94. The van der Waals surface area contributed by atoms with Gasteiger partial charge in [0.2, 0.25) is 5.91 Å². The number of hydrogen-bond acceptors (Lipinski definition) is 3. The number of aromatic nitrogens is 2. The van der Waals surface area contributed by atoms with E-state index in [9.17, 15) is 9.90 Å². The number of β-amino-alcohol motifs (C(OH)–C–C–N with tert-alkyl or cyclic N) is 1. The van der Waals surface area contributed by atoms with Crippen LogP contribution in [0.3, 0.4) is 0 Å². The lowest BCUT2D eigenvalue weighted by Crippen LogP contribution is -2.31. The highest BCUT2D eigenvalue weighted by atomic mass is 16.3. The fourth-order valence-corrected chi connectivity index (χ4v) is 2.30. The maximum Gasteiger partial charge on any atom is 0.227 e. The Morgan fingerprint density at radius 2 is 2.24 bits per heavy atom. The molecule has 1 saturated heterocycles. The highest BCUT2D eigenvalue weighted by Gasteiger charge is 2.25. The van der Waals surface area contributed by atoms with Crippen molar-refractivity contribution in [3.05, 3.63) is 17.0 Å². The largest absolute Gasteiger partial charge is 0.391 e. The lowest BCUT2D eigenvalue weighted by Gasteiger charge is -2.15. The summed E-state index contributed by atoms with van der Waals surface area (Å²) in [6.45, 7) is 5.03. The second-order valence-corrected chi connectivity index (χ2v) is 4.73. The van der Waals surface area contributed by atoms with Gasteiger partial charge in [-0.25, -0.2) is 0 Å². The molecule has 0 unspecified atom stereocenters. The van der Waals surface area contributed by atoms with E-state index < -0.39 is 0 Å². The van der Waals surface area contributed by atoms with Crippen LogP contribution in [0.4, 0.5) is 0 Å². The first kappa shape index (κ1) is 12.1. The van der Waals surface area contributed by atoms with E-state index in [1.807, 2.05) is 20.9 Å². The van der Waals surface area contributed by atoms with Gasteiger partial charge < -0.3 is 10.0 Å².